The number of carbonyl (C=O) groups excluding carboxylic acids is 1. The summed E-state index contributed by atoms with van der Waals surface area (Å²) >= 11 is 0. The Morgan fingerprint density at radius 3 is 2.41 bits per heavy atom. The summed E-state index contributed by atoms with van der Waals surface area (Å²) in [5.41, 5.74) is 2.50. The highest BCUT2D eigenvalue weighted by molar-refractivity contribution is 7.88. The molecule has 0 saturated carbocycles. The molecule has 0 heterocycles. The zero-order valence-electron chi connectivity index (χ0n) is 16.2. The van der Waals surface area contributed by atoms with Crippen molar-refractivity contribution in [1.82, 2.24) is 4.31 Å². The molecule has 2 rings (SSSR count). The molecule has 0 N–H and O–H groups in total. The highest BCUT2D eigenvalue weighted by atomic mass is 32.2. The van der Waals surface area contributed by atoms with Crippen LogP contribution in [0.5, 0.6) is 5.75 Å². The first-order chi connectivity index (χ1) is 12.8. The van der Waals surface area contributed by atoms with Gasteiger partial charge in [-0.3, -0.25) is 4.79 Å². The van der Waals surface area contributed by atoms with Crippen LogP contribution in [0.2, 0.25) is 0 Å². The third-order valence-electron chi connectivity index (χ3n) is 4.25. The topological polar surface area (TPSA) is 66.9 Å². The fraction of sp³-hybridized carbons (Fsp3) is 0.350. The van der Waals surface area contributed by atoms with Gasteiger partial charge in [0.2, 0.25) is 15.9 Å². The number of amides is 1. The Labute approximate surface area is 161 Å². The Hall–Kier alpha value is -2.38. The van der Waals surface area contributed by atoms with Gasteiger partial charge >= 0.3 is 0 Å². The molecular formula is C20H26N2O4S. The van der Waals surface area contributed by atoms with E-state index in [9.17, 15) is 13.2 Å². The summed E-state index contributed by atoms with van der Waals surface area (Å²) in [6.45, 7) is 4.10. The predicted octanol–water partition coefficient (Wildman–Crippen LogP) is 2.82. The van der Waals surface area contributed by atoms with Crippen LogP contribution in [-0.2, 0) is 21.4 Å². The van der Waals surface area contributed by atoms with Crippen LogP contribution in [0.1, 0.15) is 18.1 Å². The summed E-state index contributed by atoms with van der Waals surface area (Å²) in [5.74, 6) is 0.313. The standard InChI is InChI=1S/C20H26N2O4S/c1-5-22(18-11-8-9-16(2)13-18)20(23)15-21(27(4,24)25)14-17-10-6-7-12-19(17)26-3/h6-13H,5,14-15H2,1-4H3. The van der Waals surface area contributed by atoms with Gasteiger partial charge in [-0.05, 0) is 37.6 Å². The quantitative estimate of drug-likeness (QED) is 0.695. The minimum atomic E-state index is -3.58. The van der Waals surface area contributed by atoms with Crippen molar-refractivity contribution >= 4 is 21.6 Å². The molecule has 27 heavy (non-hydrogen) atoms. The molecule has 0 spiro atoms. The van der Waals surface area contributed by atoms with Gasteiger partial charge in [0.15, 0.2) is 0 Å². The van der Waals surface area contributed by atoms with Gasteiger partial charge in [-0.2, -0.15) is 4.31 Å². The van der Waals surface area contributed by atoms with E-state index < -0.39 is 10.0 Å². The summed E-state index contributed by atoms with van der Waals surface area (Å²) in [6, 6.07) is 14.8. The number of rotatable bonds is 8. The van der Waals surface area contributed by atoms with Crippen molar-refractivity contribution in [2.45, 2.75) is 20.4 Å². The van der Waals surface area contributed by atoms with Crippen LogP contribution in [0.3, 0.4) is 0 Å². The zero-order valence-corrected chi connectivity index (χ0v) is 17.0. The number of nitrogens with zero attached hydrogens (tertiary/aromatic N) is 2. The maximum absolute atomic E-state index is 12.9. The molecule has 2 aromatic rings. The van der Waals surface area contributed by atoms with E-state index in [4.69, 9.17) is 4.74 Å². The number of hydrogen-bond donors (Lipinski definition) is 0. The molecule has 0 bridgehead atoms. The summed E-state index contributed by atoms with van der Waals surface area (Å²) in [4.78, 5) is 14.5. The number of anilines is 1. The average molecular weight is 391 g/mol. The Balaban J connectivity index is 2.26. The van der Waals surface area contributed by atoms with Crippen molar-refractivity contribution in [2.24, 2.45) is 0 Å². The number of aryl methyl sites for hydroxylation is 1. The molecule has 0 atom stereocenters. The normalized spacial score (nSPS) is 11.4. The smallest absolute Gasteiger partial charge is 0.242 e. The molecule has 0 fully saturated rings. The first kappa shape index (κ1) is 20.9. The monoisotopic (exact) mass is 390 g/mol. The van der Waals surface area contributed by atoms with E-state index in [1.54, 1.807) is 17.0 Å². The van der Waals surface area contributed by atoms with E-state index in [2.05, 4.69) is 0 Å². The highest BCUT2D eigenvalue weighted by Gasteiger charge is 2.25. The van der Waals surface area contributed by atoms with Crippen molar-refractivity contribution in [1.29, 1.82) is 0 Å². The van der Waals surface area contributed by atoms with Crippen molar-refractivity contribution < 1.29 is 17.9 Å². The van der Waals surface area contributed by atoms with E-state index >= 15 is 0 Å². The number of sulfonamides is 1. The fourth-order valence-corrected chi connectivity index (χ4v) is 3.57. The summed E-state index contributed by atoms with van der Waals surface area (Å²) in [5, 5.41) is 0. The van der Waals surface area contributed by atoms with Crippen LogP contribution >= 0.6 is 0 Å². The number of ether oxygens (including phenoxy) is 1. The first-order valence-corrected chi connectivity index (χ1v) is 10.5. The molecule has 0 aliphatic heterocycles. The maximum atomic E-state index is 12.9. The van der Waals surface area contributed by atoms with Crippen LogP contribution < -0.4 is 9.64 Å². The van der Waals surface area contributed by atoms with Gasteiger partial charge in [0.25, 0.3) is 0 Å². The van der Waals surface area contributed by atoms with Gasteiger partial charge in [0, 0.05) is 24.3 Å². The number of benzene rings is 2. The first-order valence-electron chi connectivity index (χ1n) is 8.70. The molecule has 0 aliphatic carbocycles. The number of para-hydroxylation sites is 1. The molecule has 0 saturated heterocycles. The van der Waals surface area contributed by atoms with Crippen LogP contribution in [0.25, 0.3) is 0 Å². The Morgan fingerprint density at radius 1 is 1.11 bits per heavy atom. The van der Waals surface area contributed by atoms with Gasteiger partial charge in [0.05, 0.1) is 19.9 Å². The molecule has 0 radical (unpaired) electrons. The SMILES string of the molecule is CCN(C(=O)CN(Cc1ccccc1OC)S(C)(=O)=O)c1cccc(C)c1. The molecular weight excluding hydrogens is 364 g/mol. The summed E-state index contributed by atoms with van der Waals surface area (Å²) in [7, 11) is -2.05. The van der Waals surface area contributed by atoms with Crippen molar-refractivity contribution in [3.05, 3.63) is 59.7 Å². The lowest BCUT2D eigenvalue weighted by atomic mass is 10.2. The van der Waals surface area contributed by atoms with E-state index in [1.165, 1.54) is 11.4 Å². The van der Waals surface area contributed by atoms with E-state index in [0.717, 1.165) is 17.5 Å². The molecule has 7 heteroatoms. The zero-order chi connectivity index (χ0) is 20.0. The number of hydrogen-bond acceptors (Lipinski definition) is 4. The van der Waals surface area contributed by atoms with Crippen molar-refractivity contribution in [3.63, 3.8) is 0 Å². The van der Waals surface area contributed by atoms with E-state index in [1.807, 2.05) is 50.2 Å². The van der Waals surface area contributed by atoms with Gasteiger partial charge in [-0.25, -0.2) is 8.42 Å². The van der Waals surface area contributed by atoms with Gasteiger partial charge in [-0.15, -0.1) is 0 Å². The lowest BCUT2D eigenvalue weighted by Crippen LogP contribution is -2.42. The largest absolute Gasteiger partial charge is 0.496 e. The lowest BCUT2D eigenvalue weighted by molar-refractivity contribution is -0.118. The molecule has 6 nitrogen and oxygen atoms in total. The van der Waals surface area contributed by atoms with Gasteiger partial charge in [-0.1, -0.05) is 30.3 Å². The molecule has 146 valence electrons. The number of likely N-dealkylation sites (N-methyl/N-ethyl adjacent to an activating group) is 1. The van der Waals surface area contributed by atoms with Crippen LogP contribution in [-0.4, -0.2) is 45.1 Å². The maximum Gasteiger partial charge on any atom is 0.242 e. The minimum absolute atomic E-state index is 0.0694. The van der Waals surface area contributed by atoms with Gasteiger partial charge < -0.3 is 9.64 Å². The Morgan fingerprint density at radius 2 is 1.81 bits per heavy atom. The molecule has 0 unspecified atom stereocenters. The summed E-state index contributed by atoms with van der Waals surface area (Å²) < 4.78 is 31.0. The second-order valence-electron chi connectivity index (χ2n) is 6.32. The average Bonchev–Trinajstić information content (AvgIpc) is 2.61. The molecule has 2 aromatic carbocycles. The Bertz CT molecular complexity index is 896. The fourth-order valence-electron chi connectivity index (χ4n) is 2.85. The highest BCUT2D eigenvalue weighted by Crippen LogP contribution is 2.21. The molecule has 0 aliphatic rings. The number of methoxy groups -OCH3 is 1. The van der Waals surface area contributed by atoms with Crippen LogP contribution in [0, 0.1) is 6.92 Å². The van der Waals surface area contributed by atoms with E-state index in [-0.39, 0.29) is 19.0 Å². The molecule has 1 amide bonds. The van der Waals surface area contributed by atoms with Crippen molar-refractivity contribution in [2.75, 3.05) is 31.4 Å². The lowest BCUT2D eigenvalue weighted by Gasteiger charge is -2.26. The third kappa shape index (κ3) is 5.55. The second-order valence-corrected chi connectivity index (χ2v) is 8.30. The van der Waals surface area contributed by atoms with Gasteiger partial charge in [0.1, 0.15) is 5.75 Å². The van der Waals surface area contributed by atoms with E-state index in [0.29, 0.717) is 17.9 Å². The van der Waals surface area contributed by atoms with Crippen LogP contribution in [0.4, 0.5) is 5.69 Å². The second kappa shape index (κ2) is 9.01. The predicted molar refractivity (Wildman–Crippen MR) is 107 cm³/mol. The minimum Gasteiger partial charge on any atom is -0.496 e. The number of carbonyl (C=O) groups is 1. The third-order valence-corrected chi connectivity index (χ3v) is 5.45. The molecule has 0 aromatic heterocycles. The van der Waals surface area contributed by atoms with Crippen LogP contribution in [0.15, 0.2) is 48.5 Å². The Kier molecular flexibility index (Phi) is 6.98. The van der Waals surface area contributed by atoms with Crippen molar-refractivity contribution in [3.8, 4) is 5.75 Å². The summed E-state index contributed by atoms with van der Waals surface area (Å²) in [6.07, 6.45) is 1.11.